The van der Waals surface area contributed by atoms with Gasteiger partial charge in [-0.15, -0.1) is 0 Å². The van der Waals surface area contributed by atoms with E-state index in [2.05, 4.69) is 27.9 Å². The molecule has 4 heteroatoms. The largest absolute Gasteiger partial charge is 0.468 e. The van der Waals surface area contributed by atoms with Crippen molar-refractivity contribution >= 4 is 34.2 Å². The standard InChI is InChI=1S/C12H11ClINO/c13-10-3-4-12(14)9(6-10)7-15-8-11-2-1-5-16-11/h1-6,15H,7-8H2. The summed E-state index contributed by atoms with van der Waals surface area (Å²) in [4.78, 5) is 0. The Morgan fingerprint density at radius 1 is 1.25 bits per heavy atom. The van der Waals surface area contributed by atoms with Crippen molar-refractivity contribution in [3.8, 4) is 0 Å². The Labute approximate surface area is 113 Å². The summed E-state index contributed by atoms with van der Waals surface area (Å²) in [5, 5.41) is 4.09. The fraction of sp³-hybridized carbons (Fsp3) is 0.167. The van der Waals surface area contributed by atoms with Gasteiger partial charge in [0, 0.05) is 15.1 Å². The highest BCUT2D eigenvalue weighted by Gasteiger charge is 2.01. The minimum absolute atomic E-state index is 0.732. The van der Waals surface area contributed by atoms with Gasteiger partial charge in [0.05, 0.1) is 12.8 Å². The van der Waals surface area contributed by atoms with Gasteiger partial charge in [-0.25, -0.2) is 0 Å². The minimum atomic E-state index is 0.732. The second kappa shape index (κ2) is 5.70. The average molecular weight is 348 g/mol. The number of rotatable bonds is 4. The van der Waals surface area contributed by atoms with Crippen molar-refractivity contribution in [2.45, 2.75) is 13.1 Å². The van der Waals surface area contributed by atoms with Gasteiger partial charge in [0.25, 0.3) is 0 Å². The maximum Gasteiger partial charge on any atom is 0.117 e. The van der Waals surface area contributed by atoms with Crippen LogP contribution in [0.5, 0.6) is 0 Å². The zero-order chi connectivity index (χ0) is 11.4. The van der Waals surface area contributed by atoms with Crippen LogP contribution in [0.2, 0.25) is 5.02 Å². The Bertz CT molecular complexity index is 456. The molecule has 0 fully saturated rings. The molecule has 0 atom stereocenters. The van der Waals surface area contributed by atoms with E-state index in [0.717, 1.165) is 23.9 Å². The van der Waals surface area contributed by atoms with E-state index < -0.39 is 0 Å². The van der Waals surface area contributed by atoms with E-state index in [9.17, 15) is 0 Å². The fourth-order valence-corrected chi connectivity index (χ4v) is 2.13. The zero-order valence-corrected chi connectivity index (χ0v) is 11.5. The first kappa shape index (κ1) is 12.0. The molecular weight excluding hydrogens is 336 g/mol. The van der Waals surface area contributed by atoms with Crippen LogP contribution < -0.4 is 5.32 Å². The van der Waals surface area contributed by atoms with E-state index in [1.165, 1.54) is 9.13 Å². The monoisotopic (exact) mass is 347 g/mol. The van der Waals surface area contributed by atoms with Gasteiger partial charge in [-0.05, 0) is 58.5 Å². The summed E-state index contributed by atoms with van der Waals surface area (Å²) in [7, 11) is 0. The Balaban J connectivity index is 1.92. The molecule has 0 bridgehead atoms. The molecule has 1 aromatic heterocycles. The topological polar surface area (TPSA) is 25.2 Å². The fourth-order valence-electron chi connectivity index (χ4n) is 1.41. The molecule has 16 heavy (non-hydrogen) atoms. The van der Waals surface area contributed by atoms with Crippen LogP contribution in [0.1, 0.15) is 11.3 Å². The molecule has 2 aromatic rings. The van der Waals surface area contributed by atoms with E-state index in [1.807, 2.05) is 30.3 Å². The minimum Gasteiger partial charge on any atom is -0.468 e. The molecule has 0 aliphatic carbocycles. The van der Waals surface area contributed by atoms with E-state index in [0.29, 0.717) is 0 Å². The molecule has 2 nitrogen and oxygen atoms in total. The second-order valence-corrected chi connectivity index (χ2v) is 5.02. The summed E-state index contributed by atoms with van der Waals surface area (Å²) in [5.74, 6) is 0.942. The quantitative estimate of drug-likeness (QED) is 0.851. The van der Waals surface area contributed by atoms with Crippen molar-refractivity contribution in [1.82, 2.24) is 5.32 Å². The summed E-state index contributed by atoms with van der Waals surface area (Å²) >= 11 is 8.25. The molecule has 0 amide bonds. The first-order chi connectivity index (χ1) is 7.75. The smallest absolute Gasteiger partial charge is 0.117 e. The molecule has 0 saturated heterocycles. The molecule has 1 aromatic carbocycles. The van der Waals surface area contributed by atoms with Gasteiger partial charge < -0.3 is 9.73 Å². The number of benzene rings is 1. The first-order valence-corrected chi connectivity index (χ1v) is 6.38. The van der Waals surface area contributed by atoms with Crippen molar-refractivity contribution in [1.29, 1.82) is 0 Å². The summed E-state index contributed by atoms with van der Waals surface area (Å²) < 4.78 is 6.45. The van der Waals surface area contributed by atoms with Crippen LogP contribution in [-0.2, 0) is 13.1 Å². The third-order valence-corrected chi connectivity index (χ3v) is 3.49. The van der Waals surface area contributed by atoms with Gasteiger partial charge >= 0.3 is 0 Å². The van der Waals surface area contributed by atoms with E-state index in [4.69, 9.17) is 16.0 Å². The molecule has 2 rings (SSSR count). The number of hydrogen-bond acceptors (Lipinski definition) is 2. The van der Waals surface area contributed by atoms with Crippen molar-refractivity contribution in [3.05, 3.63) is 56.5 Å². The molecular formula is C12H11ClINO. The summed E-state index contributed by atoms with van der Waals surface area (Å²) in [6.45, 7) is 1.52. The van der Waals surface area contributed by atoms with Crippen LogP contribution in [0.4, 0.5) is 0 Å². The molecule has 1 N–H and O–H groups in total. The van der Waals surface area contributed by atoms with Crippen LogP contribution in [0.3, 0.4) is 0 Å². The molecule has 0 unspecified atom stereocenters. The van der Waals surface area contributed by atoms with Crippen LogP contribution in [0.15, 0.2) is 41.0 Å². The zero-order valence-electron chi connectivity index (χ0n) is 8.54. The molecule has 84 valence electrons. The Morgan fingerprint density at radius 2 is 2.12 bits per heavy atom. The number of hydrogen-bond donors (Lipinski definition) is 1. The molecule has 0 aliphatic heterocycles. The molecule has 0 radical (unpaired) electrons. The normalized spacial score (nSPS) is 10.6. The lowest BCUT2D eigenvalue weighted by Crippen LogP contribution is -2.13. The maximum absolute atomic E-state index is 5.95. The molecule has 1 heterocycles. The van der Waals surface area contributed by atoms with E-state index in [1.54, 1.807) is 6.26 Å². The SMILES string of the molecule is Clc1ccc(I)c(CNCc2ccco2)c1. The third kappa shape index (κ3) is 3.23. The van der Waals surface area contributed by atoms with Gasteiger partial charge in [-0.2, -0.15) is 0 Å². The lowest BCUT2D eigenvalue weighted by molar-refractivity contribution is 0.483. The second-order valence-electron chi connectivity index (χ2n) is 3.42. The van der Waals surface area contributed by atoms with Gasteiger partial charge in [0.1, 0.15) is 5.76 Å². The molecule has 0 aliphatic rings. The van der Waals surface area contributed by atoms with Crippen LogP contribution in [-0.4, -0.2) is 0 Å². The summed E-state index contributed by atoms with van der Waals surface area (Å²) in [5.41, 5.74) is 1.21. The van der Waals surface area contributed by atoms with Crippen molar-refractivity contribution in [3.63, 3.8) is 0 Å². The lowest BCUT2D eigenvalue weighted by Gasteiger charge is -2.06. The van der Waals surface area contributed by atoms with Crippen LogP contribution in [0.25, 0.3) is 0 Å². The van der Waals surface area contributed by atoms with Crippen molar-refractivity contribution in [2.75, 3.05) is 0 Å². The molecule has 0 spiro atoms. The highest BCUT2D eigenvalue weighted by molar-refractivity contribution is 14.1. The highest BCUT2D eigenvalue weighted by Crippen LogP contribution is 2.17. The van der Waals surface area contributed by atoms with Gasteiger partial charge in [0.2, 0.25) is 0 Å². The summed E-state index contributed by atoms with van der Waals surface area (Å²) in [6.07, 6.45) is 1.68. The highest BCUT2D eigenvalue weighted by atomic mass is 127. The number of furan rings is 1. The van der Waals surface area contributed by atoms with E-state index >= 15 is 0 Å². The number of nitrogens with one attached hydrogen (secondary N) is 1. The van der Waals surface area contributed by atoms with Crippen molar-refractivity contribution < 1.29 is 4.42 Å². The number of halogens is 2. The first-order valence-electron chi connectivity index (χ1n) is 4.93. The Hall–Kier alpha value is -0.520. The van der Waals surface area contributed by atoms with Crippen LogP contribution >= 0.6 is 34.2 Å². The Kier molecular flexibility index (Phi) is 4.26. The van der Waals surface area contributed by atoms with Gasteiger partial charge in [-0.1, -0.05) is 11.6 Å². The van der Waals surface area contributed by atoms with Crippen LogP contribution in [0, 0.1) is 3.57 Å². The predicted octanol–water partition coefficient (Wildman–Crippen LogP) is 3.83. The predicted molar refractivity (Wildman–Crippen MR) is 73.4 cm³/mol. The third-order valence-electron chi connectivity index (χ3n) is 2.20. The van der Waals surface area contributed by atoms with Gasteiger partial charge in [0.15, 0.2) is 0 Å². The Morgan fingerprint density at radius 3 is 2.88 bits per heavy atom. The summed E-state index contributed by atoms with van der Waals surface area (Å²) in [6, 6.07) is 9.75. The molecule has 0 saturated carbocycles. The lowest BCUT2D eigenvalue weighted by atomic mass is 10.2. The van der Waals surface area contributed by atoms with E-state index in [-0.39, 0.29) is 0 Å². The van der Waals surface area contributed by atoms with Gasteiger partial charge in [-0.3, -0.25) is 0 Å². The van der Waals surface area contributed by atoms with Crippen molar-refractivity contribution in [2.24, 2.45) is 0 Å². The maximum atomic E-state index is 5.95. The average Bonchev–Trinajstić information content (AvgIpc) is 2.76.